The van der Waals surface area contributed by atoms with Crippen LogP contribution in [0, 0.1) is 5.92 Å². The Kier molecular flexibility index (Phi) is 12.5. The molecular formula is C28H31N2NaO4. The molecule has 6 nitrogen and oxygen atoms in total. The maximum absolute atomic E-state index is 11.3. The standard InChI is InChI=1S/C28H32N2O4.Na/c1-3-4-7-25(28(31)32)20-22-9-15-26(16-10-22)33-18-19-34-30-21(2)23-11-13-24(14-12-23)27-8-5-6-17-29-27;/h5-6,8-17,25H,3-4,7,18-20H2,1-2H3,(H,31,32);/q;+1/p-1. The number of aromatic nitrogens is 1. The van der Waals surface area contributed by atoms with Gasteiger partial charge in [-0.3, -0.25) is 4.98 Å². The van der Waals surface area contributed by atoms with Gasteiger partial charge in [0.2, 0.25) is 0 Å². The minimum Gasteiger partial charge on any atom is -0.550 e. The number of aliphatic carboxylic acids is 1. The van der Waals surface area contributed by atoms with Gasteiger partial charge in [-0.2, -0.15) is 0 Å². The average molecular weight is 483 g/mol. The van der Waals surface area contributed by atoms with Crippen molar-refractivity contribution < 1.29 is 49.0 Å². The van der Waals surface area contributed by atoms with Crippen LogP contribution in [0.5, 0.6) is 5.75 Å². The van der Waals surface area contributed by atoms with Crippen molar-refractivity contribution >= 4 is 11.7 Å². The third-order valence-corrected chi connectivity index (χ3v) is 5.55. The van der Waals surface area contributed by atoms with E-state index in [1.54, 1.807) is 6.20 Å². The smallest absolute Gasteiger partial charge is 0.550 e. The Bertz CT molecular complexity index is 1050. The molecule has 3 rings (SSSR count). The number of rotatable bonds is 13. The fraction of sp³-hybridized carbons (Fsp3) is 0.321. The maximum atomic E-state index is 11.3. The number of carboxylic acids is 1. The Labute approximate surface area is 229 Å². The van der Waals surface area contributed by atoms with Crippen molar-refractivity contribution in [1.82, 2.24) is 4.98 Å². The summed E-state index contributed by atoms with van der Waals surface area (Å²) in [6.45, 7) is 4.62. The molecule has 0 radical (unpaired) electrons. The van der Waals surface area contributed by atoms with E-state index in [9.17, 15) is 9.90 Å². The number of carbonyl (C=O) groups is 1. The monoisotopic (exact) mass is 482 g/mol. The zero-order valence-electron chi connectivity index (χ0n) is 20.8. The van der Waals surface area contributed by atoms with Gasteiger partial charge in [-0.25, -0.2) is 0 Å². The van der Waals surface area contributed by atoms with Crippen LogP contribution in [0.15, 0.2) is 78.1 Å². The van der Waals surface area contributed by atoms with E-state index in [1.165, 1.54) is 0 Å². The van der Waals surface area contributed by atoms with Crippen molar-refractivity contribution in [2.75, 3.05) is 13.2 Å². The molecule has 3 aromatic rings. The quantitative estimate of drug-likeness (QED) is 0.160. The normalized spacial score (nSPS) is 11.9. The van der Waals surface area contributed by atoms with Gasteiger partial charge in [-0.05, 0) is 55.2 Å². The second-order valence-corrected chi connectivity index (χ2v) is 8.16. The van der Waals surface area contributed by atoms with Crippen molar-refractivity contribution in [2.45, 2.75) is 39.5 Å². The van der Waals surface area contributed by atoms with Crippen molar-refractivity contribution in [3.05, 3.63) is 84.1 Å². The second-order valence-electron chi connectivity index (χ2n) is 8.16. The number of ether oxygens (including phenoxy) is 1. The van der Waals surface area contributed by atoms with Crippen LogP contribution in [-0.4, -0.2) is 29.9 Å². The first-order valence-corrected chi connectivity index (χ1v) is 11.7. The van der Waals surface area contributed by atoms with Gasteiger partial charge >= 0.3 is 29.6 Å². The van der Waals surface area contributed by atoms with E-state index in [0.29, 0.717) is 31.8 Å². The predicted molar refractivity (Wildman–Crippen MR) is 131 cm³/mol. The molecule has 0 saturated heterocycles. The molecule has 0 spiro atoms. The van der Waals surface area contributed by atoms with E-state index in [4.69, 9.17) is 9.57 Å². The Morgan fingerprint density at radius 3 is 2.40 bits per heavy atom. The molecule has 2 aromatic carbocycles. The third-order valence-electron chi connectivity index (χ3n) is 5.55. The molecule has 1 unspecified atom stereocenters. The second kappa shape index (κ2) is 15.4. The Morgan fingerprint density at radius 1 is 1.03 bits per heavy atom. The molecule has 0 fully saturated rings. The molecule has 7 heteroatoms. The van der Waals surface area contributed by atoms with Gasteiger partial charge < -0.3 is 19.5 Å². The number of carboxylic acid groups (broad SMARTS) is 1. The zero-order valence-corrected chi connectivity index (χ0v) is 22.8. The van der Waals surface area contributed by atoms with E-state index in [1.807, 2.05) is 73.7 Å². The van der Waals surface area contributed by atoms with Crippen LogP contribution in [0.1, 0.15) is 44.2 Å². The van der Waals surface area contributed by atoms with Gasteiger partial charge in [-0.1, -0.05) is 67.4 Å². The molecule has 0 aliphatic rings. The summed E-state index contributed by atoms with van der Waals surface area (Å²) >= 11 is 0. The number of carbonyl (C=O) groups excluding carboxylic acids is 1. The topological polar surface area (TPSA) is 83.8 Å². The minimum absolute atomic E-state index is 0. The predicted octanol–water partition coefficient (Wildman–Crippen LogP) is 1.67. The van der Waals surface area contributed by atoms with Crippen LogP contribution < -0.4 is 39.4 Å². The molecule has 1 heterocycles. The van der Waals surface area contributed by atoms with Gasteiger partial charge in [0, 0.05) is 23.6 Å². The number of benzene rings is 2. The Hall–Kier alpha value is -2.67. The first-order chi connectivity index (χ1) is 16.6. The molecule has 0 amide bonds. The van der Waals surface area contributed by atoms with Crippen molar-refractivity contribution in [1.29, 1.82) is 0 Å². The van der Waals surface area contributed by atoms with Gasteiger partial charge in [0.25, 0.3) is 0 Å². The molecule has 1 aromatic heterocycles. The maximum Gasteiger partial charge on any atom is 1.00 e. The molecule has 0 bridgehead atoms. The van der Waals surface area contributed by atoms with Crippen LogP contribution in [-0.2, 0) is 16.1 Å². The van der Waals surface area contributed by atoms with Gasteiger partial charge in [0.05, 0.1) is 11.4 Å². The summed E-state index contributed by atoms with van der Waals surface area (Å²) < 4.78 is 5.70. The van der Waals surface area contributed by atoms with Crippen LogP contribution in [0.3, 0.4) is 0 Å². The molecule has 178 valence electrons. The molecule has 0 aliphatic heterocycles. The van der Waals surface area contributed by atoms with Gasteiger partial charge in [0.1, 0.15) is 12.4 Å². The summed E-state index contributed by atoms with van der Waals surface area (Å²) in [5, 5.41) is 15.5. The Balaban J connectivity index is 0.00000432. The van der Waals surface area contributed by atoms with E-state index in [2.05, 4.69) is 17.1 Å². The SMILES string of the molecule is CCCCC(Cc1ccc(OCCON=C(C)c2ccc(-c3ccccn3)cc2)cc1)C(=O)[O-].[Na+]. The molecule has 35 heavy (non-hydrogen) atoms. The van der Waals surface area contributed by atoms with Crippen LogP contribution in [0.25, 0.3) is 11.3 Å². The number of nitrogens with zero attached hydrogens (tertiary/aromatic N) is 2. The number of hydrogen-bond acceptors (Lipinski definition) is 6. The van der Waals surface area contributed by atoms with E-state index >= 15 is 0 Å². The van der Waals surface area contributed by atoms with Crippen LogP contribution in [0.4, 0.5) is 0 Å². The largest absolute Gasteiger partial charge is 1.00 e. The summed E-state index contributed by atoms with van der Waals surface area (Å²) in [5.41, 5.74) is 4.70. The first-order valence-electron chi connectivity index (χ1n) is 11.7. The number of oxime groups is 1. The van der Waals surface area contributed by atoms with E-state index < -0.39 is 11.9 Å². The third kappa shape index (κ3) is 9.48. The first kappa shape index (κ1) is 28.6. The fourth-order valence-corrected chi connectivity index (χ4v) is 3.57. The van der Waals surface area contributed by atoms with Crippen LogP contribution >= 0.6 is 0 Å². The van der Waals surface area contributed by atoms with Crippen LogP contribution in [0.2, 0.25) is 0 Å². The van der Waals surface area contributed by atoms with Crippen molar-refractivity contribution in [2.24, 2.45) is 11.1 Å². The molecular weight excluding hydrogens is 451 g/mol. The molecule has 0 N–H and O–H groups in total. The summed E-state index contributed by atoms with van der Waals surface area (Å²) in [6.07, 6.45) is 4.76. The molecule has 0 aliphatic carbocycles. The summed E-state index contributed by atoms with van der Waals surface area (Å²) in [6, 6.07) is 21.4. The fourth-order valence-electron chi connectivity index (χ4n) is 3.57. The van der Waals surface area contributed by atoms with E-state index in [0.717, 1.165) is 40.9 Å². The van der Waals surface area contributed by atoms with Crippen molar-refractivity contribution in [3.8, 4) is 17.0 Å². The van der Waals surface area contributed by atoms with E-state index in [-0.39, 0.29) is 29.6 Å². The molecule has 0 saturated carbocycles. The van der Waals surface area contributed by atoms with Gasteiger partial charge in [0.15, 0.2) is 6.61 Å². The summed E-state index contributed by atoms with van der Waals surface area (Å²) in [7, 11) is 0. The number of unbranched alkanes of at least 4 members (excludes halogenated alkanes) is 1. The molecule has 1 atom stereocenters. The zero-order chi connectivity index (χ0) is 24.2. The average Bonchev–Trinajstić information content (AvgIpc) is 2.87. The summed E-state index contributed by atoms with van der Waals surface area (Å²) in [4.78, 5) is 21.1. The number of hydrogen-bond donors (Lipinski definition) is 0. The minimum atomic E-state index is -0.981. The number of pyridine rings is 1. The summed E-state index contributed by atoms with van der Waals surface area (Å²) in [5.74, 6) is -0.727. The Morgan fingerprint density at radius 2 is 1.77 bits per heavy atom. The van der Waals surface area contributed by atoms with Crippen molar-refractivity contribution in [3.63, 3.8) is 0 Å². The van der Waals surface area contributed by atoms with Gasteiger partial charge in [-0.15, -0.1) is 0 Å².